The zero-order chi connectivity index (χ0) is 18.0. The molecule has 0 unspecified atom stereocenters. The Hall–Kier alpha value is -2.48. The molecule has 0 aliphatic carbocycles. The zero-order valence-electron chi connectivity index (χ0n) is 13.2. The quantitative estimate of drug-likeness (QED) is 0.701. The van der Waals surface area contributed by atoms with Crippen LogP contribution in [0, 0.1) is 17.5 Å². The van der Waals surface area contributed by atoms with Crippen molar-refractivity contribution in [2.75, 3.05) is 12.8 Å². The van der Waals surface area contributed by atoms with E-state index in [1.807, 2.05) is 0 Å². The monoisotopic (exact) mass is 365 g/mol. The second kappa shape index (κ2) is 7.18. The first-order valence-corrected chi connectivity index (χ1v) is 8.37. The molecule has 0 spiro atoms. The topological polar surface area (TPSA) is 49.0 Å². The summed E-state index contributed by atoms with van der Waals surface area (Å²) in [6.07, 6.45) is 0. The van der Waals surface area contributed by atoms with Crippen LogP contribution >= 0.6 is 11.8 Å². The highest BCUT2D eigenvalue weighted by Gasteiger charge is 2.13. The fraction of sp³-hybridized carbons (Fsp3) is 0.176. The van der Waals surface area contributed by atoms with Crippen molar-refractivity contribution in [3.8, 4) is 0 Å². The SMILES string of the molecule is CN(Cc1ccc(F)cc1)C(=O)CSc1nc2cc(F)c(F)cc2[nH]1. The van der Waals surface area contributed by atoms with Gasteiger partial charge in [-0.05, 0) is 17.7 Å². The Bertz CT molecular complexity index is 872. The van der Waals surface area contributed by atoms with E-state index in [9.17, 15) is 18.0 Å². The van der Waals surface area contributed by atoms with Crippen molar-refractivity contribution in [1.82, 2.24) is 14.9 Å². The van der Waals surface area contributed by atoms with Gasteiger partial charge < -0.3 is 9.88 Å². The predicted octanol–water partition coefficient (Wildman–Crippen LogP) is 3.73. The molecule has 0 saturated heterocycles. The Morgan fingerprint density at radius 3 is 2.56 bits per heavy atom. The van der Waals surface area contributed by atoms with Gasteiger partial charge in [-0.25, -0.2) is 18.2 Å². The lowest BCUT2D eigenvalue weighted by molar-refractivity contribution is -0.127. The lowest BCUT2D eigenvalue weighted by atomic mass is 10.2. The number of aromatic nitrogens is 2. The van der Waals surface area contributed by atoms with E-state index in [1.165, 1.54) is 17.0 Å². The molecule has 1 heterocycles. The molecule has 130 valence electrons. The van der Waals surface area contributed by atoms with E-state index in [1.54, 1.807) is 19.2 Å². The van der Waals surface area contributed by atoms with Gasteiger partial charge in [-0.3, -0.25) is 4.79 Å². The summed E-state index contributed by atoms with van der Waals surface area (Å²) in [6.45, 7) is 0.357. The van der Waals surface area contributed by atoms with Crippen molar-refractivity contribution >= 4 is 28.7 Å². The van der Waals surface area contributed by atoms with Crippen LogP contribution in [0.1, 0.15) is 5.56 Å². The summed E-state index contributed by atoms with van der Waals surface area (Å²) < 4.78 is 39.3. The number of aromatic amines is 1. The number of nitrogens with zero attached hydrogens (tertiary/aromatic N) is 2. The Balaban J connectivity index is 1.60. The Kier molecular flexibility index (Phi) is 4.98. The van der Waals surface area contributed by atoms with Gasteiger partial charge in [0.25, 0.3) is 0 Å². The number of hydrogen-bond donors (Lipinski definition) is 1. The van der Waals surface area contributed by atoms with Gasteiger partial charge in [0.15, 0.2) is 16.8 Å². The van der Waals surface area contributed by atoms with Crippen molar-refractivity contribution < 1.29 is 18.0 Å². The smallest absolute Gasteiger partial charge is 0.233 e. The van der Waals surface area contributed by atoms with Gasteiger partial charge in [0.1, 0.15) is 5.82 Å². The Labute approximate surface area is 146 Å². The summed E-state index contributed by atoms with van der Waals surface area (Å²) >= 11 is 1.14. The van der Waals surface area contributed by atoms with E-state index in [2.05, 4.69) is 9.97 Å². The molecule has 1 aromatic heterocycles. The van der Waals surface area contributed by atoms with Crippen molar-refractivity contribution in [3.05, 3.63) is 59.4 Å². The summed E-state index contributed by atoms with van der Waals surface area (Å²) in [7, 11) is 1.65. The molecule has 3 aromatic rings. The van der Waals surface area contributed by atoms with E-state index in [4.69, 9.17) is 0 Å². The number of amides is 1. The first kappa shape index (κ1) is 17.3. The van der Waals surface area contributed by atoms with Crippen LogP contribution in [-0.2, 0) is 11.3 Å². The van der Waals surface area contributed by atoms with Crippen LogP contribution in [0.25, 0.3) is 11.0 Å². The highest BCUT2D eigenvalue weighted by atomic mass is 32.2. The Morgan fingerprint density at radius 2 is 1.84 bits per heavy atom. The van der Waals surface area contributed by atoms with Gasteiger partial charge in [0.2, 0.25) is 5.91 Å². The highest BCUT2D eigenvalue weighted by molar-refractivity contribution is 7.99. The van der Waals surface area contributed by atoms with E-state index < -0.39 is 11.6 Å². The molecule has 8 heteroatoms. The molecule has 0 atom stereocenters. The molecule has 0 saturated carbocycles. The summed E-state index contributed by atoms with van der Waals surface area (Å²) in [4.78, 5) is 20.7. The minimum absolute atomic E-state index is 0.114. The van der Waals surface area contributed by atoms with Gasteiger partial charge in [-0.2, -0.15) is 0 Å². The number of H-pyrrole nitrogens is 1. The third-order valence-electron chi connectivity index (χ3n) is 3.59. The van der Waals surface area contributed by atoms with E-state index in [-0.39, 0.29) is 17.5 Å². The standard InChI is InChI=1S/C17H14F3N3OS/c1-23(8-10-2-4-11(18)5-3-10)16(24)9-25-17-21-14-6-12(19)13(20)7-15(14)22-17/h2-7H,8-9H2,1H3,(H,21,22). The zero-order valence-corrected chi connectivity index (χ0v) is 14.0. The molecular weight excluding hydrogens is 351 g/mol. The maximum absolute atomic E-state index is 13.2. The average Bonchev–Trinajstić information content (AvgIpc) is 2.96. The number of benzene rings is 2. The number of rotatable bonds is 5. The first-order valence-electron chi connectivity index (χ1n) is 7.38. The number of thioether (sulfide) groups is 1. The molecule has 0 aliphatic heterocycles. The third-order valence-corrected chi connectivity index (χ3v) is 4.45. The molecule has 0 bridgehead atoms. The van der Waals surface area contributed by atoms with Crippen molar-refractivity contribution in [2.45, 2.75) is 11.7 Å². The molecular formula is C17H14F3N3OS. The van der Waals surface area contributed by atoms with Gasteiger partial charge >= 0.3 is 0 Å². The van der Waals surface area contributed by atoms with Crippen LogP contribution in [0.2, 0.25) is 0 Å². The van der Waals surface area contributed by atoms with E-state index >= 15 is 0 Å². The van der Waals surface area contributed by atoms with Crippen LogP contribution in [0.5, 0.6) is 0 Å². The molecule has 0 fully saturated rings. The number of nitrogens with one attached hydrogen (secondary N) is 1. The predicted molar refractivity (Wildman–Crippen MR) is 89.6 cm³/mol. The molecule has 0 radical (unpaired) electrons. The fourth-order valence-corrected chi connectivity index (χ4v) is 3.07. The maximum atomic E-state index is 13.2. The number of imidazole rings is 1. The number of carbonyl (C=O) groups excluding carboxylic acids is 1. The fourth-order valence-electron chi connectivity index (χ4n) is 2.24. The van der Waals surface area contributed by atoms with Crippen LogP contribution in [-0.4, -0.2) is 33.6 Å². The second-order valence-electron chi connectivity index (χ2n) is 5.49. The van der Waals surface area contributed by atoms with Crippen molar-refractivity contribution in [2.24, 2.45) is 0 Å². The van der Waals surface area contributed by atoms with Gasteiger partial charge in [0.05, 0.1) is 16.8 Å². The largest absolute Gasteiger partial charge is 0.341 e. The van der Waals surface area contributed by atoms with E-state index in [0.717, 1.165) is 29.5 Å². The first-order chi connectivity index (χ1) is 11.9. The number of fused-ring (bicyclic) bond motifs is 1. The second-order valence-corrected chi connectivity index (χ2v) is 6.45. The lowest BCUT2D eigenvalue weighted by Crippen LogP contribution is -2.27. The van der Waals surface area contributed by atoms with Crippen LogP contribution in [0.15, 0.2) is 41.6 Å². The van der Waals surface area contributed by atoms with Crippen LogP contribution in [0.3, 0.4) is 0 Å². The minimum Gasteiger partial charge on any atom is -0.341 e. The lowest BCUT2D eigenvalue weighted by Gasteiger charge is -2.16. The molecule has 1 N–H and O–H groups in total. The van der Waals surface area contributed by atoms with Crippen molar-refractivity contribution in [3.63, 3.8) is 0 Å². The normalized spacial score (nSPS) is 11.0. The summed E-state index contributed by atoms with van der Waals surface area (Å²) in [5.41, 5.74) is 1.49. The van der Waals surface area contributed by atoms with Crippen molar-refractivity contribution in [1.29, 1.82) is 0 Å². The number of hydrogen-bond acceptors (Lipinski definition) is 3. The van der Waals surface area contributed by atoms with Crippen LogP contribution in [0.4, 0.5) is 13.2 Å². The van der Waals surface area contributed by atoms with Crippen LogP contribution < -0.4 is 0 Å². The minimum atomic E-state index is -0.967. The molecule has 2 aromatic carbocycles. The molecule has 4 nitrogen and oxygen atoms in total. The summed E-state index contributed by atoms with van der Waals surface area (Å²) in [5.74, 6) is -2.28. The highest BCUT2D eigenvalue weighted by Crippen LogP contribution is 2.22. The maximum Gasteiger partial charge on any atom is 0.233 e. The molecule has 3 rings (SSSR count). The molecule has 25 heavy (non-hydrogen) atoms. The molecule has 1 amide bonds. The van der Waals surface area contributed by atoms with Gasteiger partial charge in [-0.1, -0.05) is 23.9 Å². The summed E-state index contributed by atoms with van der Waals surface area (Å²) in [5, 5.41) is 0.406. The van der Waals surface area contributed by atoms with Gasteiger partial charge in [-0.15, -0.1) is 0 Å². The number of halogens is 3. The third kappa shape index (κ3) is 4.14. The molecule has 0 aliphatic rings. The average molecular weight is 365 g/mol. The van der Waals surface area contributed by atoms with Gasteiger partial charge in [0, 0.05) is 25.7 Å². The number of carbonyl (C=O) groups is 1. The summed E-state index contributed by atoms with van der Waals surface area (Å²) in [6, 6.07) is 7.96. The Morgan fingerprint density at radius 1 is 1.16 bits per heavy atom. The van der Waals surface area contributed by atoms with E-state index in [0.29, 0.717) is 22.7 Å².